The molecule has 0 aromatic rings. The van der Waals surface area contributed by atoms with Gasteiger partial charge in [-0.05, 0) is 19.4 Å². The highest BCUT2D eigenvalue weighted by molar-refractivity contribution is 7.84. The van der Waals surface area contributed by atoms with Gasteiger partial charge in [0.05, 0.1) is 0 Å². The van der Waals surface area contributed by atoms with E-state index in [1.807, 2.05) is 6.92 Å². The molecule has 0 amide bonds. The van der Waals surface area contributed by atoms with Crippen LogP contribution in [0.15, 0.2) is 0 Å². The number of hydrogen-bond acceptors (Lipinski definition) is 3. The molecule has 0 saturated carbocycles. The molecule has 1 aliphatic heterocycles. The Hall–Kier alpha value is 0.0700. The summed E-state index contributed by atoms with van der Waals surface area (Å²) in [6, 6.07) is 0.687. The minimum atomic E-state index is -0.607. The quantitative estimate of drug-likeness (QED) is 0.762. The van der Waals surface area contributed by atoms with Crippen LogP contribution in [0.2, 0.25) is 0 Å². The van der Waals surface area contributed by atoms with E-state index in [-0.39, 0.29) is 0 Å². The zero-order valence-electron chi connectivity index (χ0n) is 10.00. The third-order valence-electron chi connectivity index (χ3n) is 3.10. The Morgan fingerprint density at radius 1 is 1.40 bits per heavy atom. The summed E-state index contributed by atoms with van der Waals surface area (Å²) in [6.45, 7) is 8.58. The van der Waals surface area contributed by atoms with Crippen molar-refractivity contribution in [1.82, 2.24) is 10.2 Å². The van der Waals surface area contributed by atoms with Gasteiger partial charge in [-0.1, -0.05) is 13.8 Å². The SMILES string of the molecule is CCC1CCN(CCS(=O)CC)CCN1. The monoisotopic (exact) mass is 232 g/mol. The lowest BCUT2D eigenvalue weighted by Gasteiger charge is -2.18. The lowest BCUT2D eigenvalue weighted by Crippen LogP contribution is -2.32. The fourth-order valence-corrected chi connectivity index (χ4v) is 2.68. The van der Waals surface area contributed by atoms with E-state index in [0.717, 1.165) is 37.7 Å². The fourth-order valence-electron chi connectivity index (χ4n) is 1.93. The highest BCUT2D eigenvalue weighted by Gasteiger charge is 2.14. The second-order valence-corrected chi connectivity index (χ2v) is 5.99. The summed E-state index contributed by atoms with van der Waals surface area (Å²) in [7, 11) is -0.607. The lowest BCUT2D eigenvalue weighted by molar-refractivity contribution is 0.307. The third kappa shape index (κ3) is 5.09. The van der Waals surface area contributed by atoms with Gasteiger partial charge in [0.25, 0.3) is 0 Å². The molecule has 15 heavy (non-hydrogen) atoms. The number of rotatable bonds is 5. The van der Waals surface area contributed by atoms with E-state index in [1.54, 1.807) is 0 Å². The van der Waals surface area contributed by atoms with E-state index >= 15 is 0 Å². The second-order valence-electron chi connectivity index (χ2n) is 4.12. The second kappa shape index (κ2) is 7.36. The average Bonchev–Trinajstić information content (AvgIpc) is 2.50. The van der Waals surface area contributed by atoms with E-state index in [2.05, 4.69) is 17.1 Å². The molecule has 1 saturated heterocycles. The van der Waals surface area contributed by atoms with Crippen LogP contribution in [-0.4, -0.2) is 52.8 Å². The Bertz CT molecular complexity index is 199. The first-order valence-electron chi connectivity index (χ1n) is 6.07. The Morgan fingerprint density at radius 2 is 2.20 bits per heavy atom. The van der Waals surface area contributed by atoms with Crippen LogP contribution in [0, 0.1) is 0 Å². The molecule has 1 rings (SSSR count). The molecular formula is C11H24N2OS. The first-order chi connectivity index (χ1) is 7.26. The molecule has 0 aromatic heterocycles. The maximum Gasteiger partial charge on any atom is 0.0362 e. The van der Waals surface area contributed by atoms with E-state index in [1.165, 1.54) is 12.8 Å². The zero-order valence-corrected chi connectivity index (χ0v) is 10.8. The van der Waals surface area contributed by atoms with E-state index < -0.39 is 10.8 Å². The smallest absolute Gasteiger partial charge is 0.0362 e. The van der Waals surface area contributed by atoms with E-state index in [4.69, 9.17) is 0 Å². The van der Waals surface area contributed by atoms with Gasteiger partial charge in [-0.2, -0.15) is 0 Å². The molecule has 0 bridgehead atoms. The predicted molar refractivity (Wildman–Crippen MR) is 66.7 cm³/mol. The largest absolute Gasteiger partial charge is 0.313 e. The van der Waals surface area contributed by atoms with Crippen LogP contribution < -0.4 is 5.32 Å². The molecule has 1 heterocycles. The van der Waals surface area contributed by atoms with Gasteiger partial charge in [-0.3, -0.25) is 4.21 Å². The average molecular weight is 232 g/mol. The van der Waals surface area contributed by atoms with Gasteiger partial charge in [0.15, 0.2) is 0 Å². The maximum absolute atomic E-state index is 11.3. The van der Waals surface area contributed by atoms with Crippen LogP contribution in [0.25, 0.3) is 0 Å². The van der Waals surface area contributed by atoms with Gasteiger partial charge in [0.1, 0.15) is 0 Å². The standard InChI is InChI=1S/C11H24N2OS/c1-3-11-5-7-13(8-6-12-11)9-10-15(14)4-2/h11-12H,3-10H2,1-2H3. The van der Waals surface area contributed by atoms with Crippen molar-refractivity contribution in [2.75, 3.05) is 37.7 Å². The Morgan fingerprint density at radius 3 is 2.87 bits per heavy atom. The number of nitrogens with one attached hydrogen (secondary N) is 1. The van der Waals surface area contributed by atoms with Crippen LogP contribution in [0.3, 0.4) is 0 Å². The summed E-state index contributed by atoms with van der Waals surface area (Å²) in [5, 5.41) is 3.55. The van der Waals surface area contributed by atoms with Crippen molar-refractivity contribution in [1.29, 1.82) is 0 Å². The molecule has 90 valence electrons. The van der Waals surface area contributed by atoms with E-state index in [9.17, 15) is 4.21 Å². The van der Waals surface area contributed by atoms with Gasteiger partial charge in [0, 0.05) is 48.0 Å². The van der Waals surface area contributed by atoms with Crippen LogP contribution in [0.1, 0.15) is 26.7 Å². The van der Waals surface area contributed by atoms with Gasteiger partial charge < -0.3 is 10.2 Å². The highest BCUT2D eigenvalue weighted by Crippen LogP contribution is 2.04. The summed E-state index contributed by atoms with van der Waals surface area (Å²) in [6.07, 6.45) is 2.45. The summed E-state index contributed by atoms with van der Waals surface area (Å²) >= 11 is 0. The predicted octanol–water partition coefficient (Wildman–Crippen LogP) is 0.829. The first-order valence-corrected chi connectivity index (χ1v) is 7.55. The van der Waals surface area contributed by atoms with Gasteiger partial charge >= 0.3 is 0 Å². The molecular weight excluding hydrogens is 208 g/mol. The van der Waals surface area contributed by atoms with Crippen LogP contribution in [-0.2, 0) is 10.8 Å². The molecule has 0 spiro atoms. The van der Waals surface area contributed by atoms with Crippen LogP contribution in [0.5, 0.6) is 0 Å². The minimum absolute atomic E-state index is 0.607. The van der Waals surface area contributed by atoms with Crippen molar-refractivity contribution in [3.05, 3.63) is 0 Å². The molecule has 2 unspecified atom stereocenters. The summed E-state index contributed by atoms with van der Waals surface area (Å²) in [4.78, 5) is 2.44. The summed E-state index contributed by atoms with van der Waals surface area (Å²) < 4.78 is 11.3. The van der Waals surface area contributed by atoms with Crippen molar-refractivity contribution in [2.45, 2.75) is 32.7 Å². The molecule has 1 fully saturated rings. The fraction of sp³-hybridized carbons (Fsp3) is 1.00. The molecule has 0 aromatic carbocycles. The van der Waals surface area contributed by atoms with Crippen molar-refractivity contribution >= 4 is 10.8 Å². The molecule has 0 radical (unpaired) electrons. The molecule has 3 nitrogen and oxygen atoms in total. The molecule has 2 atom stereocenters. The van der Waals surface area contributed by atoms with Crippen molar-refractivity contribution < 1.29 is 4.21 Å². The Kier molecular flexibility index (Phi) is 6.45. The van der Waals surface area contributed by atoms with Crippen molar-refractivity contribution in [3.8, 4) is 0 Å². The minimum Gasteiger partial charge on any atom is -0.313 e. The van der Waals surface area contributed by atoms with Crippen LogP contribution >= 0.6 is 0 Å². The topological polar surface area (TPSA) is 32.3 Å². The third-order valence-corrected chi connectivity index (χ3v) is 4.39. The highest BCUT2D eigenvalue weighted by atomic mass is 32.2. The Balaban J connectivity index is 2.22. The molecule has 1 aliphatic rings. The summed E-state index contributed by atoms with van der Waals surface area (Å²) in [5.74, 6) is 1.64. The van der Waals surface area contributed by atoms with Gasteiger partial charge in [0.2, 0.25) is 0 Å². The van der Waals surface area contributed by atoms with Crippen LogP contribution in [0.4, 0.5) is 0 Å². The molecule has 0 aliphatic carbocycles. The first kappa shape index (κ1) is 13.1. The number of hydrogen-bond donors (Lipinski definition) is 1. The molecule has 4 heteroatoms. The van der Waals surface area contributed by atoms with Crippen molar-refractivity contribution in [3.63, 3.8) is 0 Å². The number of nitrogens with zero attached hydrogens (tertiary/aromatic N) is 1. The normalized spacial score (nSPS) is 26.1. The molecule has 1 N–H and O–H groups in total. The lowest BCUT2D eigenvalue weighted by atomic mass is 10.1. The maximum atomic E-state index is 11.3. The Labute approximate surface area is 96.1 Å². The summed E-state index contributed by atoms with van der Waals surface area (Å²) in [5.41, 5.74) is 0. The zero-order chi connectivity index (χ0) is 11.1. The van der Waals surface area contributed by atoms with Gasteiger partial charge in [-0.25, -0.2) is 0 Å². The van der Waals surface area contributed by atoms with Crippen molar-refractivity contribution in [2.24, 2.45) is 0 Å². The van der Waals surface area contributed by atoms with Gasteiger partial charge in [-0.15, -0.1) is 0 Å². The van der Waals surface area contributed by atoms with E-state index in [0.29, 0.717) is 6.04 Å².